The van der Waals surface area contributed by atoms with Gasteiger partial charge in [0.25, 0.3) is 0 Å². The third-order valence-corrected chi connectivity index (χ3v) is 3.83. The van der Waals surface area contributed by atoms with Gasteiger partial charge in [0.2, 0.25) is 0 Å². The molecule has 102 valence electrons. The predicted octanol–water partition coefficient (Wildman–Crippen LogP) is 4.05. The van der Waals surface area contributed by atoms with Crippen LogP contribution in [0.15, 0.2) is 60.8 Å². The van der Waals surface area contributed by atoms with E-state index in [1.807, 2.05) is 34.9 Å². The van der Waals surface area contributed by atoms with Gasteiger partial charge in [-0.15, -0.1) is 0 Å². The number of aryl methyl sites for hydroxylation is 1. The highest BCUT2D eigenvalue weighted by Crippen LogP contribution is 2.29. The van der Waals surface area contributed by atoms with E-state index in [4.69, 9.17) is 5.73 Å². The number of pyridine rings is 1. The van der Waals surface area contributed by atoms with Crippen LogP contribution in [-0.4, -0.2) is 9.38 Å². The molecule has 4 rings (SSSR count). The van der Waals surface area contributed by atoms with E-state index in [0.717, 1.165) is 22.5 Å². The van der Waals surface area contributed by atoms with Crippen LogP contribution in [-0.2, 0) is 0 Å². The van der Waals surface area contributed by atoms with Crippen LogP contribution in [0.25, 0.3) is 27.7 Å². The Morgan fingerprint density at radius 1 is 0.952 bits per heavy atom. The molecule has 0 unspecified atom stereocenters. The number of nitrogen functional groups attached to an aromatic ring is 1. The summed E-state index contributed by atoms with van der Waals surface area (Å²) in [5, 5.41) is 2.42. The van der Waals surface area contributed by atoms with E-state index < -0.39 is 0 Å². The average molecular weight is 273 g/mol. The lowest BCUT2D eigenvalue weighted by atomic mass is 10.1. The third kappa shape index (κ3) is 1.86. The zero-order valence-electron chi connectivity index (χ0n) is 11.7. The van der Waals surface area contributed by atoms with Gasteiger partial charge in [-0.3, -0.25) is 4.40 Å². The molecule has 0 radical (unpaired) electrons. The molecule has 0 aliphatic carbocycles. The third-order valence-electron chi connectivity index (χ3n) is 3.83. The summed E-state index contributed by atoms with van der Waals surface area (Å²) in [4.78, 5) is 4.67. The van der Waals surface area contributed by atoms with Gasteiger partial charge in [-0.2, -0.15) is 0 Å². The molecule has 21 heavy (non-hydrogen) atoms. The maximum Gasteiger partial charge on any atom is 0.139 e. The topological polar surface area (TPSA) is 43.3 Å². The number of rotatable bonds is 1. The Kier molecular flexibility index (Phi) is 2.48. The minimum absolute atomic E-state index is 0.684. The molecule has 0 saturated carbocycles. The van der Waals surface area contributed by atoms with Gasteiger partial charge in [0.1, 0.15) is 17.2 Å². The van der Waals surface area contributed by atoms with Crippen molar-refractivity contribution in [2.75, 3.05) is 5.73 Å². The molecular formula is C18H15N3. The number of aromatic nitrogens is 2. The van der Waals surface area contributed by atoms with Gasteiger partial charge in [-0.1, -0.05) is 42.5 Å². The van der Waals surface area contributed by atoms with Crippen LogP contribution in [0.4, 0.5) is 5.82 Å². The highest BCUT2D eigenvalue weighted by molar-refractivity contribution is 5.88. The number of hydrogen-bond donors (Lipinski definition) is 1. The SMILES string of the molecule is Cc1ccc2nc(-c3ccc4ccccc4c3)c(N)n2c1. The van der Waals surface area contributed by atoms with Crippen molar-refractivity contribution in [2.24, 2.45) is 0 Å². The van der Waals surface area contributed by atoms with Gasteiger partial charge in [0, 0.05) is 11.8 Å². The van der Waals surface area contributed by atoms with Crippen LogP contribution in [0.1, 0.15) is 5.56 Å². The standard InChI is InChI=1S/C18H15N3/c1-12-6-9-16-20-17(18(19)21(16)11-12)15-8-7-13-4-2-3-5-14(13)10-15/h2-11H,19H2,1H3. The lowest BCUT2D eigenvalue weighted by Gasteiger charge is -2.02. The molecule has 0 spiro atoms. The van der Waals surface area contributed by atoms with Gasteiger partial charge in [0.05, 0.1) is 0 Å². The molecule has 3 nitrogen and oxygen atoms in total. The molecule has 2 aromatic heterocycles. The number of nitrogens with zero attached hydrogens (tertiary/aromatic N) is 2. The van der Waals surface area contributed by atoms with Crippen molar-refractivity contribution in [3.05, 3.63) is 66.4 Å². The summed E-state index contributed by atoms with van der Waals surface area (Å²) >= 11 is 0. The summed E-state index contributed by atoms with van der Waals surface area (Å²) in [6.45, 7) is 2.05. The van der Waals surface area contributed by atoms with Crippen molar-refractivity contribution >= 4 is 22.2 Å². The summed E-state index contributed by atoms with van der Waals surface area (Å²) in [6.07, 6.45) is 2.02. The Morgan fingerprint density at radius 2 is 1.76 bits per heavy atom. The van der Waals surface area contributed by atoms with Gasteiger partial charge in [-0.05, 0) is 35.4 Å². The normalized spacial score (nSPS) is 11.3. The van der Waals surface area contributed by atoms with Gasteiger partial charge in [-0.25, -0.2) is 4.98 Å². The molecule has 0 bridgehead atoms. The highest BCUT2D eigenvalue weighted by Gasteiger charge is 2.11. The van der Waals surface area contributed by atoms with Crippen LogP contribution >= 0.6 is 0 Å². The van der Waals surface area contributed by atoms with E-state index in [2.05, 4.69) is 42.2 Å². The fourth-order valence-electron chi connectivity index (χ4n) is 2.72. The van der Waals surface area contributed by atoms with Crippen molar-refractivity contribution in [1.82, 2.24) is 9.38 Å². The van der Waals surface area contributed by atoms with Gasteiger partial charge >= 0.3 is 0 Å². The minimum Gasteiger partial charge on any atom is -0.383 e. The van der Waals surface area contributed by atoms with E-state index in [1.54, 1.807) is 0 Å². The van der Waals surface area contributed by atoms with Crippen LogP contribution in [0, 0.1) is 6.92 Å². The zero-order valence-corrected chi connectivity index (χ0v) is 11.7. The molecule has 2 aromatic carbocycles. The Hall–Kier alpha value is -2.81. The quantitative estimate of drug-likeness (QED) is 0.568. The first-order valence-corrected chi connectivity index (χ1v) is 6.96. The van der Waals surface area contributed by atoms with Crippen molar-refractivity contribution < 1.29 is 0 Å². The fraction of sp³-hybridized carbons (Fsp3) is 0.0556. The lowest BCUT2D eigenvalue weighted by Crippen LogP contribution is -1.94. The monoisotopic (exact) mass is 273 g/mol. The maximum atomic E-state index is 6.28. The van der Waals surface area contributed by atoms with E-state index in [-0.39, 0.29) is 0 Å². The first kappa shape index (κ1) is 12.0. The van der Waals surface area contributed by atoms with Crippen molar-refractivity contribution in [2.45, 2.75) is 6.92 Å². The second-order valence-electron chi connectivity index (χ2n) is 5.34. The maximum absolute atomic E-state index is 6.28. The molecule has 3 heteroatoms. The summed E-state index contributed by atoms with van der Waals surface area (Å²) in [5.74, 6) is 0.684. The number of nitrogens with two attached hydrogens (primary N) is 1. The van der Waals surface area contributed by atoms with Crippen LogP contribution in [0.2, 0.25) is 0 Å². The molecule has 0 saturated heterocycles. The van der Waals surface area contributed by atoms with Gasteiger partial charge < -0.3 is 5.73 Å². The molecule has 2 heterocycles. The summed E-state index contributed by atoms with van der Waals surface area (Å²) < 4.78 is 1.94. The second kappa shape index (κ2) is 4.35. The molecule has 0 atom stereocenters. The van der Waals surface area contributed by atoms with E-state index in [9.17, 15) is 0 Å². The van der Waals surface area contributed by atoms with Crippen molar-refractivity contribution in [3.8, 4) is 11.3 Å². The van der Waals surface area contributed by atoms with Crippen molar-refractivity contribution in [3.63, 3.8) is 0 Å². The van der Waals surface area contributed by atoms with Crippen LogP contribution in [0.3, 0.4) is 0 Å². The highest BCUT2D eigenvalue weighted by atomic mass is 15.1. The first-order valence-electron chi connectivity index (χ1n) is 6.96. The van der Waals surface area contributed by atoms with Crippen LogP contribution in [0.5, 0.6) is 0 Å². The Balaban J connectivity index is 1.97. The summed E-state index contributed by atoms with van der Waals surface area (Å²) in [5.41, 5.74) is 10.2. The molecule has 0 amide bonds. The Labute approximate surface area is 122 Å². The number of anilines is 1. The second-order valence-corrected chi connectivity index (χ2v) is 5.34. The summed E-state index contributed by atoms with van der Waals surface area (Å²) in [6, 6.07) is 18.7. The average Bonchev–Trinajstić information content (AvgIpc) is 2.84. The lowest BCUT2D eigenvalue weighted by molar-refractivity contribution is 1.16. The summed E-state index contributed by atoms with van der Waals surface area (Å²) in [7, 11) is 0. The first-order chi connectivity index (χ1) is 10.2. The predicted molar refractivity (Wildman–Crippen MR) is 87.3 cm³/mol. The smallest absolute Gasteiger partial charge is 0.139 e. The van der Waals surface area contributed by atoms with E-state index >= 15 is 0 Å². The van der Waals surface area contributed by atoms with Crippen LogP contribution < -0.4 is 5.73 Å². The van der Waals surface area contributed by atoms with Crippen molar-refractivity contribution in [1.29, 1.82) is 0 Å². The fourth-order valence-corrected chi connectivity index (χ4v) is 2.72. The number of benzene rings is 2. The largest absolute Gasteiger partial charge is 0.383 e. The Bertz CT molecular complexity index is 967. The number of hydrogen-bond acceptors (Lipinski definition) is 2. The molecule has 4 aromatic rings. The molecule has 2 N–H and O–H groups in total. The van der Waals surface area contributed by atoms with Gasteiger partial charge in [0.15, 0.2) is 0 Å². The molecule has 0 aliphatic heterocycles. The zero-order chi connectivity index (χ0) is 14.4. The molecule has 0 fully saturated rings. The molecular weight excluding hydrogens is 258 g/mol. The van der Waals surface area contributed by atoms with E-state index in [0.29, 0.717) is 5.82 Å². The van der Waals surface area contributed by atoms with E-state index in [1.165, 1.54) is 10.8 Å². The minimum atomic E-state index is 0.684. The number of imidazole rings is 1. The Morgan fingerprint density at radius 3 is 2.62 bits per heavy atom. The molecule has 0 aliphatic rings. The number of fused-ring (bicyclic) bond motifs is 2.